The zero-order chi connectivity index (χ0) is 3.58. The van der Waals surface area contributed by atoms with Crippen LogP contribution >= 0.6 is 0 Å². The second kappa shape index (κ2) is 9.06. The van der Waals surface area contributed by atoms with E-state index in [1.54, 1.807) is 0 Å². The third-order valence-electron chi connectivity index (χ3n) is 0. The smallest absolute Gasteiger partial charge is 1.00 e. The van der Waals surface area contributed by atoms with Crippen LogP contribution in [0.1, 0.15) is 6.92 Å². The quantitative estimate of drug-likeness (QED) is 0.287. The molecule has 0 fully saturated rings. The van der Waals surface area contributed by atoms with E-state index in [1.165, 1.54) is 0 Å². The van der Waals surface area contributed by atoms with Gasteiger partial charge in [0.15, 0.2) is 0 Å². The Bertz CT molecular complexity index is 31.8. The molecule has 0 aromatic carbocycles. The van der Waals surface area contributed by atoms with Crippen molar-refractivity contribution in [3.63, 3.8) is 0 Å². The summed E-state index contributed by atoms with van der Waals surface area (Å²) < 4.78 is 0. The number of carbonyl (C=O) groups excluding carboxylic acids is 1. The monoisotopic (exact) mass is 98.0 g/mol. The summed E-state index contributed by atoms with van der Waals surface area (Å²) in [6.07, 6.45) is 0. The Balaban J connectivity index is -0.0000000450. The van der Waals surface area contributed by atoms with E-state index in [0.717, 1.165) is 6.92 Å². The predicted molar refractivity (Wildman–Crippen MR) is 11.4 cm³/mol. The van der Waals surface area contributed by atoms with Crippen LogP contribution in [0.2, 0.25) is 0 Å². The molecule has 0 aliphatic carbocycles. The van der Waals surface area contributed by atoms with Crippen LogP contribution < -0.4 is 34.7 Å². The number of carboxylic acid groups (broad SMARTS) is 1. The Kier molecular flexibility index (Phi) is 24.3. The molecule has 0 atom stereocenters. The molecule has 0 bridgehead atoms. The van der Waals surface area contributed by atoms with Crippen LogP contribution in [0.25, 0.3) is 0 Å². The molecule has 0 aromatic rings. The van der Waals surface area contributed by atoms with Crippen LogP contribution in [0.3, 0.4) is 0 Å². The fourth-order valence-corrected chi connectivity index (χ4v) is 0. The van der Waals surface area contributed by atoms with Crippen LogP contribution in [0.4, 0.5) is 0 Å². The van der Waals surface area contributed by atoms with Gasteiger partial charge in [0, 0.05) is 5.97 Å². The fourth-order valence-electron chi connectivity index (χ4n) is 0. The third kappa shape index (κ3) is 282. The van der Waals surface area contributed by atoms with Crippen LogP contribution in [-0.2, 0) is 10.3 Å². The summed E-state index contributed by atoms with van der Waals surface area (Å²) in [6.45, 7) is 0.972. The molecule has 3 nitrogen and oxygen atoms in total. The molecule has 4 heteroatoms. The normalized spacial score (nSPS) is 4.17. The van der Waals surface area contributed by atoms with Gasteiger partial charge in [-0.25, -0.2) is 0 Å². The standard InChI is InChI=1S/C2H4O2.Na.O/c1-2(3)4;;/h1H3,(H,3,4);;/q;+1;-2/p-1. The molecule has 0 unspecified atom stereocenters. The predicted octanol–water partition coefficient (Wildman–Crippen LogP) is -4.36. The molecule has 0 spiro atoms. The van der Waals surface area contributed by atoms with Crippen molar-refractivity contribution in [2.75, 3.05) is 0 Å². The maximum atomic E-state index is 8.89. The van der Waals surface area contributed by atoms with E-state index >= 15 is 0 Å². The minimum absolute atomic E-state index is 0. The maximum Gasteiger partial charge on any atom is 1.00 e. The molecule has 0 saturated carbocycles. The Morgan fingerprint density at radius 2 is 1.67 bits per heavy atom. The van der Waals surface area contributed by atoms with Crippen molar-refractivity contribution in [3.05, 3.63) is 0 Å². The molecule has 0 N–H and O–H groups in total. The number of hydrogen-bond acceptors (Lipinski definition) is 2. The molecule has 6 heavy (non-hydrogen) atoms. The molecule has 32 valence electrons. The van der Waals surface area contributed by atoms with Gasteiger partial charge in [-0.05, 0) is 6.92 Å². The van der Waals surface area contributed by atoms with Gasteiger partial charge in [0.1, 0.15) is 0 Å². The summed E-state index contributed by atoms with van der Waals surface area (Å²) in [7, 11) is 0. The van der Waals surface area contributed by atoms with Crippen molar-refractivity contribution in [3.8, 4) is 0 Å². The summed E-state index contributed by atoms with van der Waals surface area (Å²) in [4.78, 5) is 8.89. The molecular weight excluding hydrogens is 95.0 g/mol. The molecule has 0 amide bonds. The number of carboxylic acids is 1. The summed E-state index contributed by atoms with van der Waals surface area (Å²) in [6, 6.07) is 0. The Morgan fingerprint density at radius 1 is 1.67 bits per heavy atom. The zero-order valence-electron chi connectivity index (χ0n) is 3.72. The summed E-state index contributed by atoms with van der Waals surface area (Å²) >= 11 is 0. The van der Waals surface area contributed by atoms with Crippen LogP contribution in [0.5, 0.6) is 0 Å². The van der Waals surface area contributed by atoms with Gasteiger partial charge < -0.3 is 15.4 Å². The fraction of sp³-hybridized carbons (Fsp3) is 0.500. The Labute approximate surface area is 58.0 Å². The van der Waals surface area contributed by atoms with Gasteiger partial charge in [-0.15, -0.1) is 0 Å². The Hall–Kier alpha value is 0.430. The number of carbonyl (C=O) groups is 1. The van der Waals surface area contributed by atoms with Gasteiger partial charge in [0.05, 0.1) is 0 Å². The van der Waals surface area contributed by atoms with E-state index in [1.807, 2.05) is 0 Å². The number of rotatable bonds is 0. The van der Waals surface area contributed by atoms with E-state index in [9.17, 15) is 0 Å². The van der Waals surface area contributed by atoms with Crippen molar-refractivity contribution in [2.24, 2.45) is 0 Å². The minimum atomic E-state index is -1.08. The summed E-state index contributed by atoms with van der Waals surface area (Å²) in [5.74, 6) is -1.08. The molecular formula is C2H3NaO3-2. The maximum absolute atomic E-state index is 8.89. The SMILES string of the molecule is CC(=O)[O-].[Na+].[O-2]. The molecule has 0 radical (unpaired) electrons. The second-order valence-electron chi connectivity index (χ2n) is 0.492. The first-order valence-electron chi connectivity index (χ1n) is 0.908. The molecule has 0 rings (SSSR count). The van der Waals surface area contributed by atoms with Crippen LogP contribution in [0.15, 0.2) is 0 Å². The third-order valence-corrected chi connectivity index (χ3v) is 0. The van der Waals surface area contributed by atoms with Gasteiger partial charge in [0.2, 0.25) is 0 Å². The molecule has 0 heterocycles. The topological polar surface area (TPSA) is 68.6 Å². The van der Waals surface area contributed by atoms with E-state index in [4.69, 9.17) is 9.90 Å². The van der Waals surface area contributed by atoms with Crippen LogP contribution in [0, 0.1) is 0 Å². The van der Waals surface area contributed by atoms with Gasteiger partial charge in [-0.2, -0.15) is 0 Å². The van der Waals surface area contributed by atoms with Crippen LogP contribution in [-0.4, -0.2) is 5.97 Å². The number of aliphatic carboxylic acids is 1. The Morgan fingerprint density at radius 3 is 1.67 bits per heavy atom. The van der Waals surface area contributed by atoms with Gasteiger partial charge >= 0.3 is 29.6 Å². The van der Waals surface area contributed by atoms with E-state index in [0.29, 0.717) is 0 Å². The first-order valence-corrected chi connectivity index (χ1v) is 0.908. The van der Waals surface area contributed by atoms with E-state index < -0.39 is 5.97 Å². The minimum Gasteiger partial charge on any atom is -2.00 e. The van der Waals surface area contributed by atoms with Crippen molar-refractivity contribution in [1.82, 2.24) is 0 Å². The van der Waals surface area contributed by atoms with E-state index in [2.05, 4.69) is 0 Å². The average Bonchev–Trinajstić information content (AvgIpc) is 0.811. The molecule has 0 aliphatic rings. The number of hydrogen-bond donors (Lipinski definition) is 0. The molecule has 0 aliphatic heterocycles. The summed E-state index contributed by atoms with van der Waals surface area (Å²) in [5.41, 5.74) is 0. The van der Waals surface area contributed by atoms with Crippen molar-refractivity contribution < 1.29 is 44.9 Å². The van der Waals surface area contributed by atoms with Gasteiger partial charge in [-0.3, -0.25) is 0 Å². The van der Waals surface area contributed by atoms with Crippen molar-refractivity contribution in [2.45, 2.75) is 6.92 Å². The largest absolute Gasteiger partial charge is 2.00 e. The molecule has 0 saturated heterocycles. The van der Waals surface area contributed by atoms with Gasteiger partial charge in [-0.1, -0.05) is 0 Å². The zero-order valence-corrected chi connectivity index (χ0v) is 5.72. The molecule has 0 aromatic heterocycles. The van der Waals surface area contributed by atoms with E-state index in [-0.39, 0.29) is 35.0 Å². The first kappa shape index (κ1) is 16.1. The van der Waals surface area contributed by atoms with Gasteiger partial charge in [0.25, 0.3) is 0 Å². The first-order chi connectivity index (χ1) is 1.73. The van der Waals surface area contributed by atoms with Crippen molar-refractivity contribution >= 4 is 5.97 Å². The summed E-state index contributed by atoms with van der Waals surface area (Å²) in [5, 5.41) is 8.89. The average molecular weight is 98.0 g/mol. The second-order valence-corrected chi connectivity index (χ2v) is 0.492. The van der Waals surface area contributed by atoms with Crippen molar-refractivity contribution in [1.29, 1.82) is 0 Å².